The molecule has 0 unspecified atom stereocenters. The summed E-state index contributed by atoms with van der Waals surface area (Å²) in [6.07, 6.45) is 0.286. The van der Waals surface area contributed by atoms with Crippen LogP contribution in [0.4, 0.5) is 13.2 Å². The third-order valence-electron chi connectivity index (χ3n) is 4.74. The number of carbonyl (C=O) groups excluding carboxylic acids is 1. The van der Waals surface area contributed by atoms with Crippen LogP contribution in [0.1, 0.15) is 36.9 Å². The van der Waals surface area contributed by atoms with Crippen molar-refractivity contribution >= 4 is 18.3 Å². The van der Waals surface area contributed by atoms with E-state index in [2.05, 4.69) is 10.4 Å². The summed E-state index contributed by atoms with van der Waals surface area (Å²) in [7, 11) is 0. The maximum absolute atomic E-state index is 12.6. The zero-order chi connectivity index (χ0) is 18.7. The number of nitrogens with zero attached hydrogens (tertiary/aromatic N) is 2. The summed E-state index contributed by atoms with van der Waals surface area (Å²) in [6.45, 7) is 0.369. The molecule has 27 heavy (non-hydrogen) atoms. The van der Waals surface area contributed by atoms with E-state index in [1.54, 1.807) is 24.3 Å². The second-order valence-electron chi connectivity index (χ2n) is 6.65. The average molecular weight is 403 g/mol. The molecule has 3 rings (SSSR count). The molecular formula is C18H22ClF3N4O. The minimum Gasteiger partial charge on any atom is -0.352 e. The Morgan fingerprint density at radius 1 is 1.22 bits per heavy atom. The maximum Gasteiger partial charge on any atom is 0.435 e. The molecular weight excluding hydrogens is 381 g/mol. The monoisotopic (exact) mass is 402 g/mol. The highest BCUT2D eigenvalue weighted by molar-refractivity contribution is 5.85. The second-order valence-corrected chi connectivity index (χ2v) is 6.65. The molecule has 1 aromatic carbocycles. The van der Waals surface area contributed by atoms with Crippen LogP contribution < -0.4 is 11.1 Å². The van der Waals surface area contributed by atoms with Gasteiger partial charge in [-0.25, -0.2) is 4.68 Å². The SMILES string of the molecule is Cl.N[C@@H]1CCC[C@H]1CC(=O)NCc1ccc(-n2ccc(C(F)(F)F)n2)cc1. The van der Waals surface area contributed by atoms with Gasteiger partial charge in [0, 0.05) is 25.2 Å². The number of amides is 1. The van der Waals surface area contributed by atoms with Gasteiger partial charge in [0.05, 0.1) is 5.69 Å². The molecule has 148 valence electrons. The molecule has 2 atom stereocenters. The van der Waals surface area contributed by atoms with Crippen molar-refractivity contribution in [1.82, 2.24) is 15.1 Å². The lowest BCUT2D eigenvalue weighted by Crippen LogP contribution is -2.31. The Bertz CT molecular complexity index is 761. The van der Waals surface area contributed by atoms with Crippen LogP contribution in [0.15, 0.2) is 36.5 Å². The van der Waals surface area contributed by atoms with Crippen LogP contribution in [0.3, 0.4) is 0 Å². The standard InChI is InChI=1S/C18H21F3N4O.ClH/c19-18(20,21)16-8-9-25(24-16)14-6-4-12(5-7-14)11-23-17(26)10-13-2-1-3-15(13)22;/h4-9,13,15H,1-3,10-11,22H2,(H,23,26);1H/t13-,15+;/m0./s1. The number of aromatic nitrogens is 2. The maximum atomic E-state index is 12.6. The van der Waals surface area contributed by atoms with Crippen LogP contribution in [0, 0.1) is 5.92 Å². The third kappa shape index (κ3) is 5.46. The summed E-state index contributed by atoms with van der Waals surface area (Å²) in [4.78, 5) is 12.0. The van der Waals surface area contributed by atoms with Crippen molar-refractivity contribution in [1.29, 1.82) is 0 Å². The number of nitrogens with one attached hydrogen (secondary N) is 1. The van der Waals surface area contributed by atoms with Crippen LogP contribution in [0.5, 0.6) is 0 Å². The molecule has 2 aromatic rings. The fraction of sp³-hybridized carbons (Fsp3) is 0.444. The first kappa shape index (κ1) is 21.2. The molecule has 0 aliphatic heterocycles. The molecule has 0 spiro atoms. The number of hydrogen-bond donors (Lipinski definition) is 2. The van der Waals surface area contributed by atoms with Crippen LogP contribution in [0.2, 0.25) is 0 Å². The normalized spacial score (nSPS) is 19.6. The Morgan fingerprint density at radius 2 is 1.93 bits per heavy atom. The Morgan fingerprint density at radius 3 is 2.48 bits per heavy atom. The molecule has 5 nitrogen and oxygen atoms in total. The van der Waals surface area contributed by atoms with Gasteiger partial charge in [-0.15, -0.1) is 12.4 Å². The first-order valence-corrected chi connectivity index (χ1v) is 8.57. The number of benzene rings is 1. The molecule has 1 aliphatic rings. The number of alkyl halides is 3. The van der Waals surface area contributed by atoms with Crippen molar-refractivity contribution in [3.63, 3.8) is 0 Å². The number of nitrogens with two attached hydrogens (primary N) is 1. The van der Waals surface area contributed by atoms with E-state index in [1.807, 2.05) is 0 Å². The Kier molecular flexibility index (Phi) is 6.89. The van der Waals surface area contributed by atoms with E-state index in [0.29, 0.717) is 18.7 Å². The van der Waals surface area contributed by atoms with Gasteiger partial charge in [0.1, 0.15) is 0 Å². The van der Waals surface area contributed by atoms with Gasteiger partial charge in [0.2, 0.25) is 5.91 Å². The smallest absolute Gasteiger partial charge is 0.352 e. The molecule has 1 fully saturated rings. The minimum absolute atomic E-state index is 0. The molecule has 1 saturated carbocycles. The van der Waals surface area contributed by atoms with Crippen molar-refractivity contribution in [2.24, 2.45) is 11.7 Å². The van der Waals surface area contributed by atoms with Gasteiger partial charge >= 0.3 is 6.18 Å². The van der Waals surface area contributed by atoms with E-state index >= 15 is 0 Å². The molecule has 1 aliphatic carbocycles. The average Bonchev–Trinajstić information content (AvgIpc) is 3.23. The molecule has 0 saturated heterocycles. The van der Waals surface area contributed by atoms with Crippen LogP contribution >= 0.6 is 12.4 Å². The van der Waals surface area contributed by atoms with Gasteiger partial charge < -0.3 is 11.1 Å². The topological polar surface area (TPSA) is 72.9 Å². The molecule has 0 bridgehead atoms. The fourth-order valence-electron chi connectivity index (χ4n) is 3.22. The lowest BCUT2D eigenvalue weighted by Gasteiger charge is -2.14. The van der Waals surface area contributed by atoms with Crippen LogP contribution in [-0.2, 0) is 17.5 Å². The van der Waals surface area contributed by atoms with Crippen LogP contribution in [0.25, 0.3) is 5.69 Å². The van der Waals surface area contributed by atoms with Crippen molar-refractivity contribution in [2.45, 2.75) is 44.4 Å². The molecule has 9 heteroatoms. The highest BCUT2D eigenvalue weighted by Gasteiger charge is 2.33. The van der Waals surface area contributed by atoms with E-state index in [-0.39, 0.29) is 30.3 Å². The largest absolute Gasteiger partial charge is 0.435 e. The number of halogens is 4. The highest BCUT2D eigenvalue weighted by atomic mass is 35.5. The zero-order valence-electron chi connectivity index (χ0n) is 14.6. The minimum atomic E-state index is -4.46. The van der Waals surface area contributed by atoms with E-state index < -0.39 is 11.9 Å². The van der Waals surface area contributed by atoms with Gasteiger partial charge in [0.15, 0.2) is 5.69 Å². The third-order valence-corrected chi connectivity index (χ3v) is 4.74. The summed E-state index contributed by atoms with van der Waals surface area (Å²) < 4.78 is 39.0. The second kappa shape index (κ2) is 8.75. The van der Waals surface area contributed by atoms with Crippen molar-refractivity contribution in [3.8, 4) is 5.69 Å². The number of carbonyl (C=O) groups is 1. The molecule has 3 N–H and O–H groups in total. The Balaban J connectivity index is 0.00000261. The zero-order valence-corrected chi connectivity index (χ0v) is 15.4. The van der Waals surface area contributed by atoms with Crippen molar-refractivity contribution in [2.75, 3.05) is 0 Å². The summed E-state index contributed by atoms with van der Waals surface area (Å²) in [5, 5.41) is 6.39. The number of rotatable bonds is 5. The molecule has 0 radical (unpaired) electrons. The highest BCUT2D eigenvalue weighted by Crippen LogP contribution is 2.28. The van der Waals surface area contributed by atoms with E-state index in [4.69, 9.17) is 5.73 Å². The quantitative estimate of drug-likeness (QED) is 0.804. The summed E-state index contributed by atoms with van der Waals surface area (Å²) in [5.41, 5.74) is 6.43. The first-order valence-electron chi connectivity index (χ1n) is 8.57. The van der Waals surface area contributed by atoms with Gasteiger partial charge in [-0.1, -0.05) is 18.6 Å². The summed E-state index contributed by atoms with van der Waals surface area (Å²) in [5.74, 6) is 0.221. The van der Waals surface area contributed by atoms with E-state index in [1.165, 1.54) is 10.9 Å². The molecule has 1 heterocycles. The van der Waals surface area contributed by atoms with Gasteiger partial charge in [-0.05, 0) is 42.5 Å². The summed E-state index contributed by atoms with van der Waals surface area (Å²) >= 11 is 0. The van der Waals surface area contributed by atoms with Crippen molar-refractivity contribution in [3.05, 3.63) is 47.8 Å². The first-order chi connectivity index (χ1) is 12.3. The Hall–Kier alpha value is -2.06. The molecule has 1 amide bonds. The summed E-state index contributed by atoms with van der Waals surface area (Å²) in [6, 6.07) is 7.89. The Labute approximate surface area is 161 Å². The predicted octanol–water partition coefficient (Wildman–Crippen LogP) is 3.45. The van der Waals surface area contributed by atoms with Gasteiger partial charge in [0.25, 0.3) is 0 Å². The number of hydrogen-bond acceptors (Lipinski definition) is 3. The van der Waals surface area contributed by atoms with Crippen LogP contribution in [-0.4, -0.2) is 21.7 Å². The molecule has 1 aromatic heterocycles. The van der Waals surface area contributed by atoms with Crippen molar-refractivity contribution < 1.29 is 18.0 Å². The lowest BCUT2D eigenvalue weighted by molar-refractivity contribution is -0.141. The fourth-order valence-corrected chi connectivity index (χ4v) is 3.22. The van der Waals surface area contributed by atoms with Gasteiger partial charge in [-0.3, -0.25) is 4.79 Å². The lowest BCUT2D eigenvalue weighted by atomic mass is 10.00. The van der Waals surface area contributed by atoms with Gasteiger partial charge in [-0.2, -0.15) is 18.3 Å². The van der Waals surface area contributed by atoms with E-state index in [9.17, 15) is 18.0 Å². The van der Waals surface area contributed by atoms with E-state index in [0.717, 1.165) is 30.9 Å². The predicted molar refractivity (Wildman–Crippen MR) is 97.6 cm³/mol.